The zero-order valence-corrected chi connectivity index (χ0v) is 18.7. The van der Waals surface area contributed by atoms with Crippen LogP contribution in [0.1, 0.15) is 59.7 Å². The number of fused-ring (bicyclic) bond motifs is 2. The molecule has 8 heteroatoms. The average molecular weight is 445 g/mol. The van der Waals surface area contributed by atoms with E-state index in [1.807, 2.05) is 27.7 Å². The van der Waals surface area contributed by atoms with Crippen molar-refractivity contribution in [1.29, 1.82) is 0 Å². The molecular formula is C23H24O7S. The molecule has 0 bridgehead atoms. The molecule has 164 valence electrons. The van der Waals surface area contributed by atoms with E-state index in [0.717, 1.165) is 11.3 Å². The van der Waals surface area contributed by atoms with Crippen LogP contribution in [0.25, 0.3) is 0 Å². The number of allylic oxidation sites excluding steroid dienone is 1. The topological polar surface area (TPSA) is 80.3 Å². The summed E-state index contributed by atoms with van der Waals surface area (Å²) in [4.78, 5) is 26.5. The minimum Gasteiger partial charge on any atom is -0.501 e. The summed E-state index contributed by atoms with van der Waals surface area (Å²) in [5, 5.41) is 0.349. The molecule has 2 aliphatic rings. The standard InChI is InChI=1S/C23H24O7S/c1-5-26-11-13-6-8-15-18(19(13)24)22(31-20(15)21(25)30-23(2,3)4)29-14-7-9-16-17(10-14)28-12-27-16/h7,9-11H,5-6,8,12H2,1-4H3. The van der Waals surface area contributed by atoms with E-state index in [0.29, 0.717) is 63.3 Å². The van der Waals surface area contributed by atoms with Crippen LogP contribution in [0.5, 0.6) is 22.3 Å². The summed E-state index contributed by atoms with van der Waals surface area (Å²) in [7, 11) is 0. The highest BCUT2D eigenvalue weighted by Gasteiger charge is 2.35. The quantitative estimate of drug-likeness (QED) is 0.353. The minimum atomic E-state index is -0.648. The van der Waals surface area contributed by atoms with Gasteiger partial charge in [-0.05, 0) is 58.2 Å². The maximum atomic E-state index is 13.2. The number of rotatable bonds is 5. The van der Waals surface area contributed by atoms with Crippen LogP contribution in [0, 0.1) is 0 Å². The second-order valence-electron chi connectivity index (χ2n) is 8.12. The molecule has 4 rings (SSSR count). The van der Waals surface area contributed by atoms with Gasteiger partial charge >= 0.3 is 5.97 Å². The second kappa shape index (κ2) is 8.26. The van der Waals surface area contributed by atoms with Gasteiger partial charge in [0.1, 0.15) is 16.2 Å². The summed E-state index contributed by atoms with van der Waals surface area (Å²) in [6.07, 6.45) is 2.51. The van der Waals surface area contributed by atoms with Crippen molar-refractivity contribution in [3.8, 4) is 22.3 Å². The lowest BCUT2D eigenvalue weighted by Crippen LogP contribution is -2.24. The van der Waals surface area contributed by atoms with Crippen LogP contribution in [0.4, 0.5) is 0 Å². The Labute approximate surface area is 184 Å². The first-order valence-corrected chi connectivity index (χ1v) is 10.9. The first kappa shape index (κ1) is 21.2. The predicted octanol–water partition coefficient (Wildman–Crippen LogP) is 5.27. The Bertz CT molecular complexity index is 1060. The van der Waals surface area contributed by atoms with Crippen molar-refractivity contribution in [1.82, 2.24) is 0 Å². The van der Waals surface area contributed by atoms with E-state index < -0.39 is 11.6 Å². The normalized spacial score (nSPS) is 16.3. The lowest BCUT2D eigenvalue weighted by Gasteiger charge is -2.20. The molecule has 0 fully saturated rings. The van der Waals surface area contributed by atoms with Gasteiger partial charge in [0.2, 0.25) is 6.79 Å². The van der Waals surface area contributed by atoms with Crippen LogP contribution in [-0.4, -0.2) is 30.8 Å². The predicted molar refractivity (Wildman–Crippen MR) is 114 cm³/mol. The van der Waals surface area contributed by atoms with Gasteiger partial charge in [0.15, 0.2) is 22.3 Å². The second-order valence-corrected chi connectivity index (χ2v) is 9.10. The molecule has 0 N–H and O–H groups in total. The molecule has 7 nitrogen and oxygen atoms in total. The van der Waals surface area contributed by atoms with Gasteiger partial charge in [-0.2, -0.15) is 0 Å². The third kappa shape index (κ3) is 4.39. The molecule has 0 unspecified atom stereocenters. The van der Waals surface area contributed by atoms with Crippen LogP contribution in [0.3, 0.4) is 0 Å². The number of thiophene rings is 1. The largest absolute Gasteiger partial charge is 0.501 e. The van der Waals surface area contributed by atoms with Crippen molar-refractivity contribution < 1.29 is 33.3 Å². The molecule has 0 atom stereocenters. The third-order valence-corrected chi connectivity index (χ3v) is 5.76. The molecular weight excluding hydrogens is 420 g/mol. The van der Waals surface area contributed by atoms with Gasteiger partial charge in [0.25, 0.3) is 0 Å². The fraction of sp³-hybridized carbons (Fsp3) is 0.391. The summed E-state index contributed by atoms with van der Waals surface area (Å²) in [6.45, 7) is 7.90. The van der Waals surface area contributed by atoms with Crippen molar-refractivity contribution in [2.75, 3.05) is 13.4 Å². The van der Waals surface area contributed by atoms with E-state index >= 15 is 0 Å². The van der Waals surface area contributed by atoms with E-state index in [1.165, 1.54) is 6.26 Å². The van der Waals surface area contributed by atoms with E-state index in [-0.39, 0.29) is 12.6 Å². The van der Waals surface area contributed by atoms with Gasteiger partial charge in [-0.15, -0.1) is 0 Å². The highest BCUT2D eigenvalue weighted by Crippen LogP contribution is 2.45. The van der Waals surface area contributed by atoms with E-state index in [4.69, 9.17) is 23.7 Å². The molecule has 31 heavy (non-hydrogen) atoms. The Morgan fingerprint density at radius 2 is 1.97 bits per heavy atom. The zero-order chi connectivity index (χ0) is 22.2. The molecule has 1 aliphatic carbocycles. The summed E-state index contributed by atoms with van der Waals surface area (Å²) >= 11 is 1.12. The zero-order valence-electron chi connectivity index (χ0n) is 17.9. The Morgan fingerprint density at radius 3 is 2.71 bits per heavy atom. The molecule has 2 heterocycles. The van der Waals surface area contributed by atoms with Crippen molar-refractivity contribution in [3.63, 3.8) is 0 Å². The minimum absolute atomic E-state index is 0.153. The Morgan fingerprint density at radius 1 is 1.19 bits per heavy atom. The number of hydrogen-bond donors (Lipinski definition) is 0. The van der Waals surface area contributed by atoms with Crippen molar-refractivity contribution in [3.05, 3.63) is 46.0 Å². The van der Waals surface area contributed by atoms with E-state index in [9.17, 15) is 9.59 Å². The fourth-order valence-electron chi connectivity index (χ4n) is 3.35. The van der Waals surface area contributed by atoms with Gasteiger partial charge in [-0.1, -0.05) is 11.3 Å². The summed E-state index contributed by atoms with van der Waals surface area (Å²) < 4.78 is 27.7. The number of Topliss-reactive ketones (excluding diaryl/α,β-unsaturated/α-hetero) is 1. The van der Waals surface area contributed by atoms with Gasteiger partial charge < -0.3 is 23.7 Å². The molecule has 0 saturated heterocycles. The Kier molecular flexibility index (Phi) is 5.66. The van der Waals surface area contributed by atoms with E-state index in [1.54, 1.807) is 18.2 Å². The number of esters is 1. The highest BCUT2D eigenvalue weighted by atomic mass is 32.1. The Hall–Kier alpha value is -3.00. The van der Waals surface area contributed by atoms with Crippen LogP contribution >= 0.6 is 11.3 Å². The van der Waals surface area contributed by atoms with Gasteiger partial charge in [0.05, 0.1) is 18.4 Å². The van der Waals surface area contributed by atoms with Crippen LogP contribution in [0.15, 0.2) is 30.0 Å². The molecule has 1 aromatic carbocycles. The number of benzene rings is 1. The smallest absolute Gasteiger partial charge is 0.349 e. The van der Waals surface area contributed by atoms with Crippen LogP contribution in [-0.2, 0) is 15.9 Å². The number of carbonyl (C=O) groups is 2. The molecule has 2 aromatic rings. The number of ketones is 1. The number of ether oxygens (including phenoxy) is 5. The van der Waals surface area contributed by atoms with Crippen LogP contribution < -0.4 is 14.2 Å². The number of carbonyl (C=O) groups excluding carboxylic acids is 2. The summed E-state index contributed by atoms with van der Waals surface area (Å²) in [6, 6.07) is 5.18. The summed E-state index contributed by atoms with van der Waals surface area (Å²) in [5.41, 5.74) is 0.957. The monoisotopic (exact) mass is 444 g/mol. The molecule has 1 aliphatic heterocycles. The molecule has 0 amide bonds. The third-order valence-electron chi connectivity index (χ3n) is 4.67. The van der Waals surface area contributed by atoms with E-state index in [2.05, 4.69) is 0 Å². The van der Waals surface area contributed by atoms with Gasteiger partial charge in [-0.25, -0.2) is 4.79 Å². The molecule has 0 radical (unpaired) electrons. The highest BCUT2D eigenvalue weighted by molar-refractivity contribution is 7.16. The maximum Gasteiger partial charge on any atom is 0.349 e. The maximum absolute atomic E-state index is 13.2. The SMILES string of the molecule is CCOC=C1CCc2c(C(=O)OC(C)(C)C)sc(Oc3ccc4c(c3)OCO4)c2C1=O. The lowest BCUT2D eigenvalue weighted by atomic mass is 9.88. The van der Waals surface area contributed by atoms with Gasteiger partial charge in [-0.3, -0.25) is 4.79 Å². The van der Waals surface area contributed by atoms with Crippen molar-refractivity contribution in [2.24, 2.45) is 0 Å². The van der Waals surface area contributed by atoms with Crippen LogP contribution in [0.2, 0.25) is 0 Å². The van der Waals surface area contributed by atoms with Crippen molar-refractivity contribution >= 4 is 23.1 Å². The molecule has 0 spiro atoms. The Balaban J connectivity index is 1.73. The first-order valence-electron chi connectivity index (χ1n) is 10.1. The fourth-order valence-corrected chi connectivity index (χ4v) is 4.44. The number of hydrogen-bond acceptors (Lipinski definition) is 8. The molecule has 0 saturated carbocycles. The first-order chi connectivity index (χ1) is 14.8. The lowest BCUT2D eigenvalue weighted by molar-refractivity contribution is 0.00740. The average Bonchev–Trinajstić information content (AvgIpc) is 3.31. The van der Waals surface area contributed by atoms with Crippen molar-refractivity contribution in [2.45, 2.75) is 46.1 Å². The summed E-state index contributed by atoms with van der Waals surface area (Å²) in [5.74, 6) is 1.03. The molecule has 1 aromatic heterocycles. The van der Waals surface area contributed by atoms with Gasteiger partial charge in [0, 0.05) is 11.6 Å².